The van der Waals surface area contributed by atoms with Gasteiger partial charge >= 0.3 is 13.2 Å². The van der Waals surface area contributed by atoms with E-state index in [2.05, 4.69) is 10.3 Å². The van der Waals surface area contributed by atoms with Gasteiger partial charge in [-0.2, -0.15) is 0 Å². The normalized spacial score (nSPS) is 10.6. The Hall–Kier alpha value is -1.35. The highest BCUT2D eigenvalue weighted by molar-refractivity contribution is 6.50. The molecular formula is C3H8BF4N5. The summed E-state index contributed by atoms with van der Waals surface area (Å²) in [7, 11) is -2.54. The lowest BCUT2D eigenvalue weighted by atomic mass is 10.3. The SMILES string of the molecule is Cn1nc(N)[n+](C)n1.F[B-](F)(F)F. The van der Waals surface area contributed by atoms with Crippen LogP contribution < -0.4 is 10.4 Å². The number of nitrogens with zero attached hydrogens (tertiary/aromatic N) is 4. The number of aromatic nitrogens is 4. The number of tetrazole rings is 1. The number of nitrogens with two attached hydrogens (primary N) is 1. The van der Waals surface area contributed by atoms with E-state index in [0.717, 1.165) is 0 Å². The van der Waals surface area contributed by atoms with Crippen LogP contribution in [0.3, 0.4) is 0 Å². The molecule has 0 aliphatic carbocycles. The molecule has 0 spiro atoms. The van der Waals surface area contributed by atoms with Crippen LogP contribution in [-0.2, 0) is 14.1 Å². The number of halogens is 4. The molecule has 0 radical (unpaired) electrons. The van der Waals surface area contributed by atoms with Crippen molar-refractivity contribution >= 4 is 13.2 Å². The van der Waals surface area contributed by atoms with Crippen LogP contribution >= 0.6 is 0 Å². The first-order valence-corrected chi connectivity index (χ1v) is 3.10. The third-order valence-corrected chi connectivity index (χ3v) is 0.842. The molecule has 0 aromatic carbocycles. The predicted molar refractivity (Wildman–Crippen MR) is 36.8 cm³/mol. The van der Waals surface area contributed by atoms with Crippen LogP contribution in [0.25, 0.3) is 0 Å². The second-order valence-electron chi connectivity index (χ2n) is 2.06. The van der Waals surface area contributed by atoms with Crippen LogP contribution in [0.15, 0.2) is 0 Å². The fraction of sp³-hybridized carbons (Fsp3) is 0.667. The van der Waals surface area contributed by atoms with Crippen LogP contribution in [0.5, 0.6) is 0 Å². The van der Waals surface area contributed by atoms with Gasteiger partial charge in [0.2, 0.25) is 0 Å². The Morgan fingerprint density at radius 2 is 1.77 bits per heavy atom. The van der Waals surface area contributed by atoms with E-state index in [0.29, 0.717) is 5.95 Å². The number of nitrogen functional groups attached to an aromatic ring is 1. The fourth-order valence-electron chi connectivity index (χ4n) is 0.473. The zero-order valence-electron chi connectivity index (χ0n) is 6.96. The zero-order chi connectivity index (χ0) is 10.6. The van der Waals surface area contributed by atoms with Crippen LogP contribution in [0, 0.1) is 0 Å². The molecule has 5 nitrogen and oxygen atoms in total. The molecule has 13 heavy (non-hydrogen) atoms. The van der Waals surface area contributed by atoms with E-state index in [-0.39, 0.29) is 0 Å². The zero-order valence-corrected chi connectivity index (χ0v) is 6.96. The Labute approximate surface area is 71.2 Å². The van der Waals surface area contributed by atoms with Gasteiger partial charge in [0.15, 0.2) is 0 Å². The molecule has 1 rings (SSSR count). The molecule has 0 bridgehead atoms. The summed E-state index contributed by atoms with van der Waals surface area (Å²) in [4.78, 5) is 1.41. The number of hydrogen-bond donors (Lipinski definition) is 1. The Kier molecular flexibility index (Phi) is 3.63. The van der Waals surface area contributed by atoms with Crippen molar-refractivity contribution in [3.8, 4) is 0 Å². The molecule has 1 aromatic rings. The highest BCUT2D eigenvalue weighted by Crippen LogP contribution is 2.06. The molecule has 0 aliphatic heterocycles. The van der Waals surface area contributed by atoms with Crippen LogP contribution in [0.1, 0.15) is 0 Å². The maximum absolute atomic E-state index is 9.75. The molecule has 0 saturated carbocycles. The molecule has 0 aliphatic rings. The minimum Gasteiger partial charge on any atom is -0.418 e. The van der Waals surface area contributed by atoms with Crippen molar-refractivity contribution in [3.05, 3.63) is 0 Å². The topological polar surface area (TPSA) is 60.6 Å². The van der Waals surface area contributed by atoms with E-state index in [9.17, 15) is 17.3 Å². The first-order valence-electron chi connectivity index (χ1n) is 3.10. The summed E-state index contributed by atoms with van der Waals surface area (Å²) in [6.07, 6.45) is 0. The molecule has 10 heteroatoms. The molecule has 0 atom stereocenters. The van der Waals surface area contributed by atoms with E-state index in [1.807, 2.05) is 0 Å². The molecule has 1 heterocycles. The molecule has 1 aromatic heterocycles. The van der Waals surface area contributed by atoms with Gasteiger partial charge in [0, 0.05) is 5.21 Å². The van der Waals surface area contributed by atoms with Crippen LogP contribution in [-0.4, -0.2) is 22.4 Å². The van der Waals surface area contributed by atoms with Gasteiger partial charge in [0.25, 0.3) is 0 Å². The van der Waals surface area contributed by atoms with Crippen molar-refractivity contribution in [2.24, 2.45) is 14.1 Å². The maximum Gasteiger partial charge on any atom is 0.673 e. The maximum atomic E-state index is 9.75. The number of anilines is 1. The number of rotatable bonds is 0. The summed E-state index contributed by atoms with van der Waals surface area (Å²) < 4.78 is 40.5. The Morgan fingerprint density at radius 3 is 1.85 bits per heavy atom. The van der Waals surface area contributed by atoms with Gasteiger partial charge < -0.3 is 23.0 Å². The van der Waals surface area contributed by atoms with Crippen molar-refractivity contribution in [2.75, 3.05) is 5.73 Å². The monoisotopic (exact) mass is 201 g/mol. The summed E-state index contributed by atoms with van der Waals surface area (Å²) in [6.45, 7) is 0. The van der Waals surface area contributed by atoms with Gasteiger partial charge in [-0.1, -0.05) is 4.80 Å². The van der Waals surface area contributed by atoms with E-state index < -0.39 is 7.25 Å². The molecule has 0 fully saturated rings. The highest BCUT2D eigenvalue weighted by atomic mass is 19.5. The predicted octanol–water partition coefficient (Wildman–Crippen LogP) is -0.478. The summed E-state index contributed by atoms with van der Waals surface area (Å²) >= 11 is 0. The second kappa shape index (κ2) is 4.05. The third kappa shape index (κ3) is 7.03. The molecule has 0 amide bonds. The van der Waals surface area contributed by atoms with Crippen molar-refractivity contribution in [2.45, 2.75) is 0 Å². The van der Waals surface area contributed by atoms with Gasteiger partial charge in [-0.05, 0) is 0 Å². The van der Waals surface area contributed by atoms with E-state index >= 15 is 0 Å². The summed E-state index contributed by atoms with van der Waals surface area (Å²) in [5.41, 5.74) is 5.31. The standard InChI is InChI=1S/C3H8N5.BF4/c1-7-3(4)5-8(2)6-7;2-1(3,4)5/h1-2H3,(H2,4,5,6);/q+1;-1. The Bertz CT molecular complexity index is 244. The largest absolute Gasteiger partial charge is 0.673 e. The molecule has 0 unspecified atom stereocenters. The van der Waals surface area contributed by atoms with Crippen LogP contribution in [0.2, 0.25) is 0 Å². The summed E-state index contributed by atoms with van der Waals surface area (Å²) in [5.74, 6) is 0.424. The van der Waals surface area contributed by atoms with Gasteiger partial charge in [-0.25, -0.2) is 0 Å². The van der Waals surface area contributed by atoms with Gasteiger partial charge in [0.05, 0.1) is 12.1 Å². The average molecular weight is 201 g/mol. The Morgan fingerprint density at radius 1 is 1.38 bits per heavy atom. The number of hydrogen-bond acceptors (Lipinski definition) is 3. The van der Waals surface area contributed by atoms with Gasteiger partial charge in [-0.3, -0.25) is 0 Å². The first-order chi connectivity index (χ1) is 5.70. The third-order valence-electron chi connectivity index (χ3n) is 0.842. The minimum atomic E-state index is -6.00. The van der Waals surface area contributed by atoms with Gasteiger partial charge in [0.1, 0.15) is 7.05 Å². The lowest BCUT2D eigenvalue weighted by Crippen LogP contribution is -2.33. The van der Waals surface area contributed by atoms with Gasteiger partial charge in [-0.15, -0.1) is 4.68 Å². The molecule has 2 N–H and O–H groups in total. The first kappa shape index (κ1) is 11.7. The van der Waals surface area contributed by atoms with Crippen molar-refractivity contribution in [1.82, 2.24) is 15.1 Å². The minimum absolute atomic E-state index is 0.424. The van der Waals surface area contributed by atoms with E-state index in [1.54, 1.807) is 14.1 Å². The smallest absolute Gasteiger partial charge is 0.418 e. The number of aryl methyl sites for hydroxylation is 2. The average Bonchev–Trinajstić information content (AvgIpc) is 2.05. The highest BCUT2D eigenvalue weighted by Gasteiger charge is 2.20. The molecule has 0 saturated heterocycles. The summed E-state index contributed by atoms with van der Waals surface area (Å²) in [5, 5.41) is 7.56. The van der Waals surface area contributed by atoms with Crippen LogP contribution in [0.4, 0.5) is 23.2 Å². The summed E-state index contributed by atoms with van der Waals surface area (Å²) in [6, 6.07) is 0. The second-order valence-corrected chi connectivity index (χ2v) is 2.06. The quantitative estimate of drug-likeness (QED) is 0.350. The fourth-order valence-corrected chi connectivity index (χ4v) is 0.473. The molecular weight excluding hydrogens is 193 g/mol. The van der Waals surface area contributed by atoms with E-state index in [1.165, 1.54) is 9.48 Å². The van der Waals surface area contributed by atoms with E-state index in [4.69, 9.17) is 5.73 Å². The molecule has 76 valence electrons. The Balaban J connectivity index is 0.000000252. The van der Waals surface area contributed by atoms with Crippen molar-refractivity contribution in [3.63, 3.8) is 0 Å². The van der Waals surface area contributed by atoms with Crippen molar-refractivity contribution < 1.29 is 21.9 Å². The van der Waals surface area contributed by atoms with Crippen molar-refractivity contribution in [1.29, 1.82) is 0 Å². The lowest BCUT2D eigenvalue weighted by molar-refractivity contribution is -0.719. The lowest BCUT2D eigenvalue weighted by Gasteiger charge is -1.94.